The van der Waals surface area contributed by atoms with E-state index in [1.807, 2.05) is 42.5 Å². The van der Waals surface area contributed by atoms with Gasteiger partial charge in [0, 0.05) is 20.3 Å². The van der Waals surface area contributed by atoms with E-state index in [0.29, 0.717) is 28.2 Å². The number of pyridine rings is 1. The first-order valence-electron chi connectivity index (χ1n) is 7.63. The number of fused-ring (bicyclic) bond motifs is 1. The molecule has 1 aromatic carbocycles. The van der Waals surface area contributed by atoms with Crippen LogP contribution >= 0.6 is 0 Å². The van der Waals surface area contributed by atoms with Crippen molar-refractivity contribution < 1.29 is 9.59 Å². The predicted octanol–water partition coefficient (Wildman–Crippen LogP) is 2.15. The van der Waals surface area contributed by atoms with E-state index < -0.39 is 0 Å². The Kier molecular flexibility index (Phi) is 3.09. The maximum atomic E-state index is 12.9. The molecule has 1 aromatic heterocycles. The molecule has 2 aliphatic rings. The summed E-state index contributed by atoms with van der Waals surface area (Å²) in [6.45, 7) is 0. The van der Waals surface area contributed by atoms with Crippen LogP contribution in [0.1, 0.15) is 11.3 Å². The van der Waals surface area contributed by atoms with Crippen molar-refractivity contribution in [2.45, 2.75) is 0 Å². The molecule has 4 rings (SSSR count). The number of likely N-dealkylation sites (N-methyl/N-ethyl adjacent to an activating group) is 2. The van der Waals surface area contributed by atoms with Gasteiger partial charge in [0.2, 0.25) is 0 Å². The molecule has 0 saturated heterocycles. The molecule has 0 unspecified atom stereocenters. The molecular weight excluding hydrogens is 302 g/mol. The van der Waals surface area contributed by atoms with Gasteiger partial charge < -0.3 is 9.80 Å². The summed E-state index contributed by atoms with van der Waals surface area (Å²) in [7, 11) is 3.38. The zero-order valence-electron chi connectivity index (χ0n) is 13.4. The molecule has 3 heterocycles. The Morgan fingerprint density at radius 1 is 0.750 bits per heavy atom. The van der Waals surface area contributed by atoms with E-state index in [1.54, 1.807) is 31.3 Å². The molecule has 0 atom stereocenters. The molecule has 2 aliphatic heterocycles. The molecule has 0 saturated carbocycles. The molecule has 0 bridgehead atoms. The number of amides is 2. The zero-order chi connectivity index (χ0) is 16.8. The first kappa shape index (κ1) is 14.4. The van der Waals surface area contributed by atoms with Crippen LogP contribution in [-0.4, -0.2) is 40.7 Å². The molecule has 0 fully saturated rings. The topological polar surface area (TPSA) is 53.5 Å². The molecule has 5 nitrogen and oxygen atoms in total. The standard InChI is InChI=1S/C19H15N3O2/c1-21-16(12-8-4-3-5-9-12)14-15(19(21)24)17(22(2)18(14)23)13-10-6-7-11-20-13/h3-11H,1-2H3. The van der Waals surface area contributed by atoms with Crippen molar-refractivity contribution in [3.05, 3.63) is 77.1 Å². The highest BCUT2D eigenvalue weighted by molar-refractivity contribution is 6.29. The van der Waals surface area contributed by atoms with E-state index >= 15 is 0 Å². The van der Waals surface area contributed by atoms with E-state index in [4.69, 9.17) is 0 Å². The monoisotopic (exact) mass is 317 g/mol. The van der Waals surface area contributed by atoms with Gasteiger partial charge >= 0.3 is 0 Å². The number of benzene rings is 1. The number of carbonyl (C=O) groups is 2. The lowest BCUT2D eigenvalue weighted by atomic mass is 10.0. The molecular formula is C19H15N3O2. The van der Waals surface area contributed by atoms with Crippen LogP contribution in [0.3, 0.4) is 0 Å². The van der Waals surface area contributed by atoms with Crippen LogP contribution in [0.25, 0.3) is 11.4 Å². The van der Waals surface area contributed by atoms with Crippen LogP contribution in [0.15, 0.2) is 65.9 Å². The van der Waals surface area contributed by atoms with Crippen molar-refractivity contribution in [1.82, 2.24) is 14.8 Å². The second-order valence-corrected chi connectivity index (χ2v) is 5.76. The smallest absolute Gasteiger partial charge is 0.261 e. The van der Waals surface area contributed by atoms with Crippen molar-refractivity contribution in [1.29, 1.82) is 0 Å². The van der Waals surface area contributed by atoms with E-state index in [0.717, 1.165) is 5.56 Å². The van der Waals surface area contributed by atoms with Crippen molar-refractivity contribution in [2.75, 3.05) is 14.1 Å². The first-order chi connectivity index (χ1) is 11.6. The second kappa shape index (κ2) is 5.16. The van der Waals surface area contributed by atoms with Gasteiger partial charge in [-0.3, -0.25) is 14.6 Å². The minimum Gasteiger partial charge on any atom is -0.310 e. The van der Waals surface area contributed by atoms with Crippen LogP contribution in [0.4, 0.5) is 0 Å². The predicted molar refractivity (Wildman–Crippen MR) is 90.1 cm³/mol. The molecule has 0 N–H and O–H groups in total. The van der Waals surface area contributed by atoms with Gasteiger partial charge in [-0.2, -0.15) is 0 Å². The largest absolute Gasteiger partial charge is 0.310 e. The average molecular weight is 317 g/mol. The molecule has 2 aromatic rings. The minimum absolute atomic E-state index is 0.179. The number of rotatable bonds is 2. The average Bonchev–Trinajstić information content (AvgIpc) is 3.02. The molecule has 0 radical (unpaired) electrons. The highest BCUT2D eigenvalue weighted by Crippen LogP contribution is 2.44. The van der Waals surface area contributed by atoms with Gasteiger partial charge in [0.25, 0.3) is 11.8 Å². The third kappa shape index (κ3) is 1.84. The number of carbonyl (C=O) groups excluding carboxylic acids is 2. The van der Waals surface area contributed by atoms with Crippen molar-refractivity contribution >= 4 is 23.2 Å². The Bertz CT molecular complexity index is 837. The highest BCUT2D eigenvalue weighted by atomic mass is 16.2. The molecule has 0 aliphatic carbocycles. The molecule has 5 heteroatoms. The van der Waals surface area contributed by atoms with E-state index in [1.165, 1.54) is 4.90 Å². The van der Waals surface area contributed by atoms with Crippen LogP contribution in [-0.2, 0) is 9.59 Å². The first-order valence-corrected chi connectivity index (χ1v) is 7.63. The summed E-state index contributed by atoms with van der Waals surface area (Å²) in [6.07, 6.45) is 1.66. The number of nitrogens with zero attached hydrogens (tertiary/aromatic N) is 3. The second-order valence-electron chi connectivity index (χ2n) is 5.76. The van der Waals surface area contributed by atoms with Gasteiger partial charge in [-0.15, -0.1) is 0 Å². The fourth-order valence-electron chi connectivity index (χ4n) is 3.26. The lowest BCUT2D eigenvalue weighted by Crippen LogP contribution is -2.25. The molecule has 24 heavy (non-hydrogen) atoms. The summed E-state index contributed by atoms with van der Waals surface area (Å²) in [6, 6.07) is 15.0. The summed E-state index contributed by atoms with van der Waals surface area (Å²) in [5.41, 5.74) is 3.58. The number of hydrogen-bond donors (Lipinski definition) is 0. The fourth-order valence-corrected chi connectivity index (χ4v) is 3.26. The normalized spacial score (nSPS) is 17.2. The Morgan fingerprint density at radius 2 is 1.33 bits per heavy atom. The van der Waals surface area contributed by atoms with Gasteiger partial charge in [0.05, 0.1) is 28.2 Å². The molecule has 118 valence electrons. The van der Waals surface area contributed by atoms with Crippen molar-refractivity contribution in [2.24, 2.45) is 0 Å². The summed E-state index contributed by atoms with van der Waals surface area (Å²) in [4.78, 5) is 33.1. The van der Waals surface area contributed by atoms with Gasteiger partial charge in [0.15, 0.2) is 0 Å². The Labute approximate surface area is 139 Å². The lowest BCUT2D eigenvalue weighted by Gasteiger charge is -2.19. The summed E-state index contributed by atoms with van der Waals surface area (Å²) >= 11 is 0. The molecule has 0 spiro atoms. The maximum Gasteiger partial charge on any atom is 0.261 e. The number of aromatic nitrogens is 1. The fraction of sp³-hybridized carbons (Fsp3) is 0.105. The Morgan fingerprint density at radius 3 is 1.96 bits per heavy atom. The van der Waals surface area contributed by atoms with Crippen LogP contribution < -0.4 is 0 Å². The SMILES string of the molecule is CN1C(=O)C2=C(c3ccccn3)N(C)C(=O)C2=C1c1ccccc1. The third-order valence-electron chi connectivity index (χ3n) is 4.39. The highest BCUT2D eigenvalue weighted by Gasteiger charge is 2.46. The summed E-state index contributed by atoms with van der Waals surface area (Å²) in [5, 5.41) is 0. The third-order valence-corrected chi connectivity index (χ3v) is 4.39. The minimum atomic E-state index is -0.179. The number of hydrogen-bond acceptors (Lipinski definition) is 3. The maximum absolute atomic E-state index is 12.9. The van der Waals surface area contributed by atoms with Crippen LogP contribution in [0.2, 0.25) is 0 Å². The van der Waals surface area contributed by atoms with Crippen molar-refractivity contribution in [3.8, 4) is 0 Å². The van der Waals surface area contributed by atoms with E-state index in [9.17, 15) is 9.59 Å². The molecule has 2 amide bonds. The van der Waals surface area contributed by atoms with Gasteiger partial charge in [-0.05, 0) is 17.7 Å². The Balaban J connectivity index is 2.01. The summed E-state index contributed by atoms with van der Waals surface area (Å²) < 4.78 is 0. The van der Waals surface area contributed by atoms with Gasteiger partial charge in [-0.1, -0.05) is 36.4 Å². The quantitative estimate of drug-likeness (QED) is 0.853. The summed E-state index contributed by atoms with van der Waals surface area (Å²) in [5.74, 6) is -0.357. The van der Waals surface area contributed by atoms with Crippen LogP contribution in [0, 0.1) is 0 Å². The van der Waals surface area contributed by atoms with Gasteiger partial charge in [0.1, 0.15) is 0 Å². The zero-order valence-corrected chi connectivity index (χ0v) is 13.4. The van der Waals surface area contributed by atoms with Crippen LogP contribution in [0.5, 0.6) is 0 Å². The van der Waals surface area contributed by atoms with Crippen molar-refractivity contribution in [3.63, 3.8) is 0 Å². The van der Waals surface area contributed by atoms with E-state index in [-0.39, 0.29) is 11.8 Å². The van der Waals surface area contributed by atoms with Gasteiger partial charge in [-0.25, -0.2) is 0 Å². The van der Waals surface area contributed by atoms with E-state index in [2.05, 4.69) is 4.98 Å². The lowest BCUT2D eigenvalue weighted by molar-refractivity contribution is -0.123. The Hall–Kier alpha value is -3.21.